The van der Waals surface area contributed by atoms with Crippen molar-refractivity contribution >= 4 is 5.97 Å². The molecule has 0 atom stereocenters. The minimum absolute atomic E-state index is 0.0921. The molecule has 0 saturated heterocycles. The molecular formula is C13H10FNO3. The fourth-order valence-electron chi connectivity index (χ4n) is 1.47. The standard InChI is InChI=1S/C13H10FNO3/c1-8-6-10(4-5-15-8)18-12-3-2-9(14)7-11(12)13(16)17/h2-7H,1H3,(H,16,17). The van der Waals surface area contributed by atoms with E-state index in [9.17, 15) is 9.18 Å². The van der Waals surface area contributed by atoms with Gasteiger partial charge in [-0.1, -0.05) is 0 Å². The SMILES string of the molecule is Cc1cc(Oc2ccc(F)cc2C(=O)O)ccn1. The smallest absolute Gasteiger partial charge is 0.339 e. The Bertz CT molecular complexity index is 599. The lowest BCUT2D eigenvalue weighted by Gasteiger charge is -2.08. The Kier molecular flexibility index (Phi) is 3.23. The van der Waals surface area contributed by atoms with Gasteiger partial charge in [0.05, 0.1) is 0 Å². The van der Waals surface area contributed by atoms with Gasteiger partial charge >= 0.3 is 5.97 Å². The van der Waals surface area contributed by atoms with Crippen LogP contribution in [-0.2, 0) is 0 Å². The summed E-state index contributed by atoms with van der Waals surface area (Å²) in [6.45, 7) is 1.79. The first-order chi connectivity index (χ1) is 8.56. The summed E-state index contributed by atoms with van der Waals surface area (Å²) in [5, 5.41) is 8.96. The summed E-state index contributed by atoms with van der Waals surface area (Å²) in [4.78, 5) is 15.0. The number of benzene rings is 1. The number of halogens is 1. The van der Waals surface area contributed by atoms with E-state index < -0.39 is 11.8 Å². The summed E-state index contributed by atoms with van der Waals surface area (Å²) < 4.78 is 18.4. The van der Waals surface area contributed by atoms with Crippen molar-refractivity contribution in [3.8, 4) is 11.5 Å². The van der Waals surface area contributed by atoms with Gasteiger partial charge in [-0.25, -0.2) is 9.18 Å². The molecule has 0 aliphatic heterocycles. The molecular weight excluding hydrogens is 237 g/mol. The van der Waals surface area contributed by atoms with Gasteiger partial charge in [0.15, 0.2) is 0 Å². The Morgan fingerprint density at radius 1 is 1.33 bits per heavy atom. The highest BCUT2D eigenvalue weighted by Gasteiger charge is 2.13. The van der Waals surface area contributed by atoms with Gasteiger partial charge in [-0.3, -0.25) is 4.98 Å². The van der Waals surface area contributed by atoms with Crippen LogP contribution < -0.4 is 4.74 Å². The van der Waals surface area contributed by atoms with Crippen LogP contribution in [0.25, 0.3) is 0 Å². The number of aromatic carboxylic acids is 1. The molecule has 0 radical (unpaired) electrons. The zero-order chi connectivity index (χ0) is 13.1. The number of ether oxygens (including phenoxy) is 1. The molecule has 0 spiro atoms. The van der Waals surface area contributed by atoms with Crippen molar-refractivity contribution in [1.82, 2.24) is 4.98 Å². The van der Waals surface area contributed by atoms with Crippen LogP contribution in [0.2, 0.25) is 0 Å². The van der Waals surface area contributed by atoms with Crippen LogP contribution in [-0.4, -0.2) is 16.1 Å². The largest absolute Gasteiger partial charge is 0.478 e. The van der Waals surface area contributed by atoms with Crippen LogP contribution >= 0.6 is 0 Å². The van der Waals surface area contributed by atoms with E-state index in [2.05, 4.69) is 4.98 Å². The maximum absolute atomic E-state index is 13.0. The first-order valence-electron chi connectivity index (χ1n) is 5.19. The third-order valence-corrected chi connectivity index (χ3v) is 2.27. The highest BCUT2D eigenvalue weighted by Crippen LogP contribution is 2.26. The lowest BCUT2D eigenvalue weighted by Crippen LogP contribution is -2.01. The van der Waals surface area contributed by atoms with Crippen molar-refractivity contribution in [1.29, 1.82) is 0 Å². The zero-order valence-corrected chi connectivity index (χ0v) is 9.55. The van der Waals surface area contributed by atoms with Crippen molar-refractivity contribution < 1.29 is 19.0 Å². The number of aromatic nitrogens is 1. The number of rotatable bonds is 3. The van der Waals surface area contributed by atoms with Crippen molar-refractivity contribution in [3.05, 3.63) is 53.6 Å². The molecule has 1 aromatic carbocycles. The molecule has 4 nitrogen and oxygen atoms in total. The Hall–Kier alpha value is -2.43. The van der Waals surface area contributed by atoms with E-state index in [4.69, 9.17) is 9.84 Å². The Balaban J connectivity index is 2.37. The monoisotopic (exact) mass is 247 g/mol. The molecule has 0 saturated carbocycles. The van der Waals surface area contributed by atoms with Crippen molar-refractivity contribution in [2.45, 2.75) is 6.92 Å². The topological polar surface area (TPSA) is 59.4 Å². The molecule has 0 fully saturated rings. The minimum Gasteiger partial charge on any atom is -0.478 e. The second kappa shape index (κ2) is 4.83. The second-order valence-electron chi connectivity index (χ2n) is 3.68. The van der Waals surface area contributed by atoms with Gasteiger partial charge in [-0.15, -0.1) is 0 Å². The van der Waals surface area contributed by atoms with Gasteiger partial charge in [0.2, 0.25) is 0 Å². The number of pyridine rings is 1. The summed E-state index contributed by atoms with van der Waals surface area (Å²) in [5.41, 5.74) is 0.524. The van der Waals surface area contributed by atoms with Crippen molar-refractivity contribution in [2.24, 2.45) is 0 Å². The summed E-state index contributed by atoms with van der Waals surface area (Å²) >= 11 is 0. The lowest BCUT2D eigenvalue weighted by atomic mass is 10.2. The summed E-state index contributed by atoms with van der Waals surface area (Å²) in [6, 6.07) is 6.62. The normalized spacial score (nSPS) is 10.1. The predicted molar refractivity (Wildman–Crippen MR) is 62.4 cm³/mol. The van der Waals surface area contributed by atoms with Crippen LogP contribution in [0.3, 0.4) is 0 Å². The molecule has 2 rings (SSSR count). The van der Waals surface area contributed by atoms with E-state index in [0.29, 0.717) is 5.75 Å². The molecule has 1 aromatic heterocycles. The summed E-state index contributed by atoms with van der Waals surface area (Å²) in [7, 11) is 0. The van der Waals surface area contributed by atoms with E-state index in [1.165, 1.54) is 6.07 Å². The highest BCUT2D eigenvalue weighted by atomic mass is 19.1. The van der Waals surface area contributed by atoms with Crippen LogP contribution in [0.5, 0.6) is 11.5 Å². The molecule has 0 aliphatic rings. The number of nitrogens with zero attached hydrogens (tertiary/aromatic N) is 1. The summed E-state index contributed by atoms with van der Waals surface area (Å²) in [5.74, 6) is -1.31. The molecule has 0 amide bonds. The summed E-state index contributed by atoms with van der Waals surface area (Å²) in [6.07, 6.45) is 1.55. The average molecular weight is 247 g/mol. The van der Waals surface area contributed by atoms with Crippen molar-refractivity contribution in [2.75, 3.05) is 0 Å². The number of aryl methyl sites for hydroxylation is 1. The Morgan fingerprint density at radius 2 is 2.11 bits per heavy atom. The maximum atomic E-state index is 13.0. The van der Waals surface area contributed by atoms with Crippen LogP contribution in [0, 0.1) is 12.7 Å². The van der Waals surface area contributed by atoms with Gasteiger partial charge in [-0.2, -0.15) is 0 Å². The molecule has 0 aliphatic carbocycles. The molecule has 1 heterocycles. The third kappa shape index (κ3) is 2.63. The van der Waals surface area contributed by atoms with Gasteiger partial charge < -0.3 is 9.84 Å². The minimum atomic E-state index is -1.24. The first kappa shape index (κ1) is 12.0. The molecule has 2 aromatic rings. The molecule has 5 heteroatoms. The van der Waals surface area contributed by atoms with Crippen LogP contribution in [0.4, 0.5) is 4.39 Å². The third-order valence-electron chi connectivity index (χ3n) is 2.27. The fraction of sp³-hybridized carbons (Fsp3) is 0.0769. The van der Waals surface area contributed by atoms with E-state index >= 15 is 0 Å². The van der Waals surface area contributed by atoms with Gasteiger partial charge in [0, 0.05) is 18.0 Å². The molecule has 0 unspecified atom stereocenters. The number of carboxylic acids is 1. The molecule has 1 N–H and O–H groups in total. The van der Waals surface area contributed by atoms with E-state index in [1.54, 1.807) is 25.3 Å². The zero-order valence-electron chi connectivity index (χ0n) is 9.55. The van der Waals surface area contributed by atoms with E-state index in [-0.39, 0.29) is 11.3 Å². The van der Waals surface area contributed by atoms with Gasteiger partial charge in [0.25, 0.3) is 0 Å². The second-order valence-corrected chi connectivity index (χ2v) is 3.68. The van der Waals surface area contributed by atoms with Gasteiger partial charge in [-0.05, 0) is 31.2 Å². The molecule has 92 valence electrons. The van der Waals surface area contributed by atoms with Gasteiger partial charge in [0.1, 0.15) is 22.9 Å². The fourth-order valence-corrected chi connectivity index (χ4v) is 1.47. The average Bonchev–Trinajstić information content (AvgIpc) is 2.31. The van der Waals surface area contributed by atoms with Crippen LogP contribution in [0.1, 0.15) is 16.1 Å². The maximum Gasteiger partial charge on any atom is 0.339 e. The number of carboxylic acid groups (broad SMARTS) is 1. The van der Waals surface area contributed by atoms with Crippen LogP contribution in [0.15, 0.2) is 36.5 Å². The number of carbonyl (C=O) groups is 1. The predicted octanol–water partition coefficient (Wildman–Crippen LogP) is 3.02. The quantitative estimate of drug-likeness (QED) is 0.905. The van der Waals surface area contributed by atoms with E-state index in [1.807, 2.05) is 0 Å². The highest BCUT2D eigenvalue weighted by molar-refractivity contribution is 5.91. The van der Waals surface area contributed by atoms with Crippen molar-refractivity contribution in [3.63, 3.8) is 0 Å². The molecule has 18 heavy (non-hydrogen) atoms. The lowest BCUT2D eigenvalue weighted by molar-refractivity contribution is 0.0693. The number of hydrogen-bond donors (Lipinski definition) is 1. The first-order valence-corrected chi connectivity index (χ1v) is 5.19. The number of hydrogen-bond acceptors (Lipinski definition) is 3. The Morgan fingerprint density at radius 3 is 2.78 bits per heavy atom. The van der Waals surface area contributed by atoms with E-state index in [0.717, 1.165) is 17.8 Å². The molecule has 0 bridgehead atoms. The Labute approximate surface area is 103 Å².